The highest BCUT2D eigenvalue weighted by atomic mass is 35.5. The third-order valence-electron chi connectivity index (χ3n) is 2.30. The van der Waals surface area contributed by atoms with Gasteiger partial charge >= 0.3 is 5.97 Å². The molecule has 1 saturated carbocycles. The van der Waals surface area contributed by atoms with Crippen molar-refractivity contribution in [2.45, 2.75) is 24.0 Å². The molecule has 0 aromatic heterocycles. The molecule has 0 amide bonds. The molecule has 0 saturated heterocycles. The van der Waals surface area contributed by atoms with E-state index in [1.165, 1.54) is 6.26 Å². The molecular formula is C6H12ClNO3S. The lowest BCUT2D eigenvalue weighted by atomic mass is 9.84. The summed E-state index contributed by atoms with van der Waals surface area (Å²) in [4.78, 5) is 10.7. The molecule has 1 aliphatic rings. The molecule has 1 aliphatic carbocycles. The number of carboxylic acids is 1. The van der Waals surface area contributed by atoms with E-state index in [-0.39, 0.29) is 12.4 Å². The van der Waals surface area contributed by atoms with Gasteiger partial charge in [-0.25, -0.2) is 4.21 Å². The lowest BCUT2D eigenvalue weighted by molar-refractivity contribution is -0.142. The Labute approximate surface area is 77.7 Å². The molecule has 0 heterocycles. The van der Waals surface area contributed by atoms with Gasteiger partial charge in [-0.05, 0) is 19.3 Å². The highest BCUT2D eigenvalue weighted by Crippen LogP contribution is 2.39. The maximum atomic E-state index is 11.2. The van der Waals surface area contributed by atoms with Crippen LogP contribution in [-0.4, -0.2) is 26.3 Å². The molecule has 4 nitrogen and oxygen atoms in total. The second-order valence-electron chi connectivity index (χ2n) is 3.00. The van der Waals surface area contributed by atoms with Crippen LogP contribution in [-0.2, 0) is 14.5 Å². The number of nitrogens with one attached hydrogen (secondary N) is 1. The number of aliphatic carboxylic acids is 1. The first-order valence-corrected chi connectivity index (χ1v) is 5.33. The number of carboxylic acid groups (broad SMARTS) is 1. The summed E-state index contributed by atoms with van der Waals surface area (Å²) in [6, 6.07) is 0. The van der Waals surface area contributed by atoms with Crippen molar-refractivity contribution in [3.8, 4) is 0 Å². The molecule has 1 atom stereocenters. The first-order chi connectivity index (χ1) is 4.90. The van der Waals surface area contributed by atoms with Crippen molar-refractivity contribution in [2.75, 3.05) is 6.26 Å². The Hall–Kier alpha value is -0.290. The Balaban J connectivity index is 0.00000121. The van der Waals surface area contributed by atoms with Crippen LogP contribution in [0.5, 0.6) is 0 Å². The van der Waals surface area contributed by atoms with Crippen LogP contribution in [0.1, 0.15) is 19.3 Å². The molecular weight excluding hydrogens is 202 g/mol. The minimum atomic E-state index is -2.93. The van der Waals surface area contributed by atoms with Gasteiger partial charge in [-0.15, -0.1) is 12.4 Å². The quantitative estimate of drug-likeness (QED) is 0.721. The van der Waals surface area contributed by atoms with Gasteiger partial charge in [0.15, 0.2) is 4.75 Å². The van der Waals surface area contributed by atoms with Gasteiger partial charge in [0.2, 0.25) is 0 Å². The Morgan fingerprint density at radius 2 is 2.00 bits per heavy atom. The molecule has 0 spiro atoms. The summed E-state index contributed by atoms with van der Waals surface area (Å²) in [5.41, 5.74) is 0. The summed E-state index contributed by atoms with van der Waals surface area (Å²) in [7, 11) is -2.93. The number of carbonyl (C=O) groups is 1. The standard InChI is InChI=1S/C6H11NO3S.ClH/c1-11(7,10)6(5(8)9)3-2-4-6;/h7H,2-4H2,1H3,(H,8,9);1H. The van der Waals surface area contributed by atoms with E-state index < -0.39 is 20.4 Å². The van der Waals surface area contributed by atoms with E-state index in [2.05, 4.69) is 0 Å². The van der Waals surface area contributed by atoms with Crippen molar-refractivity contribution in [1.29, 1.82) is 4.78 Å². The summed E-state index contributed by atoms with van der Waals surface area (Å²) in [5.74, 6) is -1.08. The summed E-state index contributed by atoms with van der Waals surface area (Å²) in [6.45, 7) is 0. The van der Waals surface area contributed by atoms with Crippen LogP contribution in [0.25, 0.3) is 0 Å². The van der Waals surface area contributed by atoms with Crippen molar-refractivity contribution in [1.82, 2.24) is 0 Å². The third kappa shape index (κ3) is 1.43. The topological polar surface area (TPSA) is 78.2 Å². The Kier molecular flexibility index (Phi) is 3.14. The van der Waals surface area contributed by atoms with Crippen molar-refractivity contribution in [3.63, 3.8) is 0 Å². The maximum absolute atomic E-state index is 11.2. The van der Waals surface area contributed by atoms with Crippen LogP contribution < -0.4 is 0 Å². The van der Waals surface area contributed by atoms with E-state index in [0.29, 0.717) is 12.8 Å². The monoisotopic (exact) mass is 213 g/mol. The lowest BCUT2D eigenvalue weighted by Gasteiger charge is -2.37. The first-order valence-electron chi connectivity index (χ1n) is 3.37. The molecule has 12 heavy (non-hydrogen) atoms. The fourth-order valence-electron chi connectivity index (χ4n) is 1.27. The zero-order valence-electron chi connectivity index (χ0n) is 6.70. The highest BCUT2D eigenvalue weighted by molar-refractivity contribution is 7.93. The Morgan fingerprint density at radius 1 is 1.58 bits per heavy atom. The SMILES string of the molecule is CS(=N)(=O)C1(C(=O)O)CCC1.Cl. The van der Waals surface area contributed by atoms with Crippen LogP contribution in [0.2, 0.25) is 0 Å². The van der Waals surface area contributed by atoms with E-state index in [0.717, 1.165) is 6.42 Å². The van der Waals surface area contributed by atoms with Gasteiger partial charge in [-0.1, -0.05) is 0 Å². The van der Waals surface area contributed by atoms with Crippen LogP contribution in [0.4, 0.5) is 0 Å². The molecule has 1 rings (SSSR count). The van der Waals surface area contributed by atoms with Crippen LogP contribution in [0.15, 0.2) is 0 Å². The number of hydrogen-bond donors (Lipinski definition) is 2. The Bertz CT molecular complexity index is 281. The summed E-state index contributed by atoms with van der Waals surface area (Å²) >= 11 is 0. The predicted octanol–water partition coefficient (Wildman–Crippen LogP) is 1.09. The summed E-state index contributed by atoms with van der Waals surface area (Å²) < 4.78 is 17.2. The van der Waals surface area contributed by atoms with Gasteiger partial charge in [-0.3, -0.25) is 9.57 Å². The van der Waals surface area contributed by atoms with Crippen LogP contribution in [0.3, 0.4) is 0 Å². The van der Waals surface area contributed by atoms with Gasteiger partial charge in [-0.2, -0.15) is 0 Å². The molecule has 0 aliphatic heterocycles. The minimum absolute atomic E-state index is 0. The normalized spacial score (nSPS) is 24.4. The van der Waals surface area contributed by atoms with E-state index in [1.807, 2.05) is 0 Å². The van der Waals surface area contributed by atoms with E-state index >= 15 is 0 Å². The molecule has 72 valence electrons. The van der Waals surface area contributed by atoms with Gasteiger partial charge in [0, 0.05) is 6.26 Å². The van der Waals surface area contributed by atoms with Crippen molar-refractivity contribution in [3.05, 3.63) is 0 Å². The Morgan fingerprint density at radius 3 is 2.00 bits per heavy atom. The lowest BCUT2D eigenvalue weighted by Crippen LogP contribution is -2.50. The third-order valence-corrected chi connectivity index (χ3v) is 4.37. The zero-order chi connectivity index (χ0) is 8.70. The fraction of sp³-hybridized carbons (Fsp3) is 0.833. The van der Waals surface area contributed by atoms with E-state index in [4.69, 9.17) is 9.89 Å². The molecule has 1 fully saturated rings. The largest absolute Gasteiger partial charge is 0.480 e. The maximum Gasteiger partial charge on any atom is 0.323 e. The zero-order valence-corrected chi connectivity index (χ0v) is 8.33. The van der Waals surface area contributed by atoms with Crippen LogP contribution >= 0.6 is 12.4 Å². The highest BCUT2D eigenvalue weighted by Gasteiger charge is 2.50. The number of halogens is 1. The van der Waals surface area contributed by atoms with Gasteiger partial charge in [0.05, 0.1) is 9.73 Å². The van der Waals surface area contributed by atoms with Crippen molar-refractivity contribution in [2.24, 2.45) is 0 Å². The average Bonchev–Trinajstić information content (AvgIpc) is 1.52. The molecule has 0 radical (unpaired) electrons. The summed E-state index contributed by atoms with van der Waals surface area (Å²) in [5, 5.41) is 8.72. The second kappa shape index (κ2) is 3.22. The van der Waals surface area contributed by atoms with Crippen molar-refractivity contribution >= 4 is 28.1 Å². The summed E-state index contributed by atoms with van der Waals surface area (Å²) in [6.07, 6.45) is 2.76. The smallest absolute Gasteiger partial charge is 0.323 e. The van der Waals surface area contributed by atoms with Gasteiger partial charge < -0.3 is 5.11 Å². The molecule has 0 bridgehead atoms. The average molecular weight is 214 g/mol. The molecule has 6 heteroatoms. The predicted molar refractivity (Wildman–Crippen MR) is 48.3 cm³/mol. The van der Waals surface area contributed by atoms with Crippen molar-refractivity contribution < 1.29 is 14.1 Å². The fourth-order valence-corrected chi connectivity index (χ4v) is 2.67. The number of rotatable bonds is 2. The number of hydrogen-bond acceptors (Lipinski definition) is 3. The first kappa shape index (κ1) is 11.7. The molecule has 1 unspecified atom stereocenters. The second-order valence-corrected chi connectivity index (χ2v) is 5.47. The molecule has 0 aromatic rings. The van der Waals surface area contributed by atoms with E-state index in [1.54, 1.807) is 0 Å². The minimum Gasteiger partial charge on any atom is -0.480 e. The van der Waals surface area contributed by atoms with E-state index in [9.17, 15) is 9.00 Å². The van der Waals surface area contributed by atoms with Gasteiger partial charge in [0.25, 0.3) is 0 Å². The van der Waals surface area contributed by atoms with Gasteiger partial charge in [0.1, 0.15) is 0 Å². The molecule has 2 N–H and O–H groups in total. The van der Waals surface area contributed by atoms with Crippen LogP contribution in [0, 0.1) is 4.78 Å². The molecule has 0 aromatic carbocycles.